The quantitative estimate of drug-likeness (QED) is 0.714. The lowest BCUT2D eigenvalue weighted by Gasteiger charge is -2.03. The fourth-order valence-electron chi connectivity index (χ4n) is 2.08. The zero-order chi connectivity index (χ0) is 16.9. The number of aromatic nitrogens is 2. The topological polar surface area (TPSA) is 105 Å². The Labute approximate surface area is 142 Å². The number of hydrogen-bond acceptors (Lipinski definition) is 5. The number of amides is 1. The third kappa shape index (κ3) is 3.54. The Morgan fingerprint density at radius 3 is 2.54 bits per heavy atom. The molecule has 0 aliphatic heterocycles. The molecule has 1 heterocycles. The highest BCUT2D eigenvalue weighted by Gasteiger charge is 2.08. The van der Waals surface area contributed by atoms with Crippen molar-refractivity contribution >= 4 is 34.4 Å². The van der Waals surface area contributed by atoms with E-state index in [1.165, 1.54) is 11.8 Å². The number of carbonyl (C=O) groups is 1. The minimum Gasteiger partial charge on any atom is -0.333 e. The van der Waals surface area contributed by atoms with Gasteiger partial charge in [0.05, 0.1) is 40.1 Å². The largest absolute Gasteiger partial charge is 0.333 e. The van der Waals surface area contributed by atoms with Crippen molar-refractivity contribution in [3.63, 3.8) is 0 Å². The number of nitrogens with one attached hydrogen (secondary N) is 2. The number of rotatable bonds is 4. The maximum atomic E-state index is 12.0. The molecule has 3 rings (SSSR count). The van der Waals surface area contributed by atoms with Crippen molar-refractivity contribution in [3.8, 4) is 12.1 Å². The van der Waals surface area contributed by atoms with E-state index in [9.17, 15) is 4.79 Å². The van der Waals surface area contributed by atoms with Crippen molar-refractivity contribution in [1.29, 1.82) is 10.5 Å². The SMILES string of the molecule is N#Cc1ccc(NC(=O)CSc2nc3ccc(C#N)cc3[nH]2)cc1. The van der Waals surface area contributed by atoms with Gasteiger partial charge >= 0.3 is 0 Å². The lowest BCUT2D eigenvalue weighted by molar-refractivity contribution is -0.113. The summed E-state index contributed by atoms with van der Waals surface area (Å²) in [6.45, 7) is 0. The van der Waals surface area contributed by atoms with Gasteiger partial charge in [0.1, 0.15) is 0 Å². The minimum absolute atomic E-state index is 0.164. The Morgan fingerprint density at radius 1 is 1.12 bits per heavy atom. The van der Waals surface area contributed by atoms with Crippen molar-refractivity contribution < 1.29 is 4.79 Å². The van der Waals surface area contributed by atoms with E-state index in [1.807, 2.05) is 6.07 Å². The summed E-state index contributed by atoms with van der Waals surface area (Å²) in [6, 6.07) is 16.0. The molecule has 0 saturated carbocycles. The van der Waals surface area contributed by atoms with Crippen LogP contribution in [0.2, 0.25) is 0 Å². The van der Waals surface area contributed by atoms with Crippen LogP contribution in [0.15, 0.2) is 47.6 Å². The summed E-state index contributed by atoms with van der Waals surface area (Å²) in [4.78, 5) is 19.4. The standard InChI is InChI=1S/C17H11N5OS/c18-8-11-1-4-13(5-2-11)20-16(23)10-24-17-21-14-6-3-12(9-19)7-15(14)22-17/h1-7H,10H2,(H,20,23)(H,21,22). The van der Waals surface area contributed by atoms with E-state index >= 15 is 0 Å². The lowest BCUT2D eigenvalue weighted by atomic mass is 10.2. The van der Waals surface area contributed by atoms with Gasteiger partial charge in [0, 0.05) is 5.69 Å². The number of imidazole rings is 1. The van der Waals surface area contributed by atoms with E-state index in [2.05, 4.69) is 21.4 Å². The molecule has 7 heteroatoms. The molecule has 3 aromatic rings. The number of aromatic amines is 1. The van der Waals surface area contributed by atoms with Crippen LogP contribution in [0, 0.1) is 22.7 Å². The average Bonchev–Trinajstić information content (AvgIpc) is 3.02. The maximum absolute atomic E-state index is 12.0. The predicted molar refractivity (Wildman–Crippen MR) is 91.3 cm³/mol. The van der Waals surface area contributed by atoms with E-state index in [1.54, 1.807) is 42.5 Å². The Kier molecular flexibility index (Phi) is 4.46. The Bertz CT molecular complexity index is 979. The molecule has 0 fully saturated rings. The summed E-state index contributed by atoms with van der Waals surface area (Å²) in [5, 5.41) is 21.0. The zero-order valence-electron chi connectivity index (χ0n) is 12.4. The molecule has 6 nitrogen and oxygen atoms in total. The number of nitrogens with zero attached hydrogens (tertiary/aromatic N) is 3. The molecule has 0 spiro atoms. The summed E-state index contributed by atoms with van der Waals surface area (Å²) in [5.74, 6) is 0.0353. The van der Waals surface area contributed by atoms with Gasteiger partial charge in [-0.2, -0.15) is 10.5 Å². The maximum Gasteiger partial charge on any atom is 0.234 e. The fraction of sp³-hybridized carbons (Fsp3) is 0.0588. The second-order valence-corrected chi connectivity index (χ2v) is 5.88. The van der Waals surface area contributed by atoms with Gasteiger partial charge in [-0.3, -0.25) is 4.79 Å². The molecular formula is C17H11N5OS. The molecule has 2 aromatic carbocycles. The average molecular weight is 333 g/mol. The zero-order valence-corrected chi connectivity index (χ0v) is 13.2. The molecule has 2 N–H and O–H groups in total. The van der Waals surface area contributed by atoms with Crippen LogP contribution >= 0.6 is 11.8 Å². The Balaban J connectivity index is 1.61. The number of nitriles is 2. The molecule has 0 bridgehead atoms. The summed E-state index contributed by atoms with van der Waals surface area (Å²) in [5.41, 5.74) is 3.26. The summed E-state index contributed by atoms with van der Waals surface area (Å²) >= 11 is 1.28. The van der Waals surface area contributed by atoms with E-state index in [-0.39, 0.29) is 11.7 Å². The normalized spacial score (nSPS) is 10.1. The van der Waals surface area contributed by atoms with Crippen LogP contribution in [0.25, 0.3) is 11.0 Å². The van der Waals surface area contributed by atoms with Gasteiger partial charge in [-0.05, 0) is 42.5 Å². The van der Waals surface area contributed by atoms with Gasteiger partial charge in [0.2, 0.25) is 5.91 Å². The third-order valence-corrected chi connectivity index (χ3v) is 4.10. The molecule has 116 valence electrons. The summed E-state index contributed by atoms with van der Waals surface area (Å²) < 4.78 is 0. The van der Waals surface area contributed by atoms with Crippen molar-refractivity contribution in [2.75, 3.05) is 11.1 Å². The molecular weight excluding hydrogens is 322 g/mol. The van der Waals surface area contributed by atoms with Gasteiger partial charge in [-0.15, -0.1) is 0 Å². The van der Waals surface area contributed by atoms with E-state index < -0.39 is 0 Å². The molecule has 1 aromatic heterocycles. The highest BCUT2D eigenvalue weighted by atomic mass is 32.2. The van der Waals surface area contributed by atoms with Crippen molar-refractivity contribution in [2.45, 2.75) is 5.16 Å². The predicted octanol–water partition coefficient (Wildman–Crippen LogP) is 3.04. The second kappa shape index (κ2) is 6.86. The monoisotopic (exact) mass is 333 g/mol. The molecule has 0 unspecified atom stereocenters. The van der Waals surface area contributed by atoms with Crippen LogP contribution in [0.5, 0.6) is 0 Å². The minimum atomic E-state index is -0.164. The summed E-state index contributed by atoms with van der Waals surface area (Å²) in [6.07, 6.45) is 0. The number of hydrogen-bond donors (Lipinski definition) is 2. The molecule has 0 radical (unpaired) electrons. The first-order chi connectivity index (χ1) is 11.7. The lowest BCUT2D eigenvalue weighted by Crippen LogP contribution is -2.14. The second-order valence-electron chi connectivity index (χ2n) is 4.91. The molecule has 1 amide bonds. The molecule has 0 aliphatic rings. The van der Waals surface area contributed by atoms with E-state index in [0.717, 1.165) is 11.0 Å². The van der Waals surface area contributed by atoms with Gasteiger partial charge in [-0.1, -0.05) is 11.8 Å². The van der Waals surface area contributed by atoms with Crippen LogP contribution < -0.4 is 5.32 Å². The van der Waals surface area contributed by atoms with Gasteiger partial charge in [0.25, 0.3) is 0 Å². The van der Waals surface area contributed by atoms with Crippen molar-refractivity contribution in [1.82, 2.24) is 9.97 Å². The fourth-order valence-corrected chi connectivity index (χ4v) is 2.77. The Hall–Kier alpha value is -3.29. The van der Waals surface area contributed by atoms with Crippen LogP contribution in [-0.4, -0.2) is 21.6 Å². The van der Waals surface area contributed by atoms with Crippen LogP contribution in [0.1, 0.15) is 11.1 Å². The van der Waals surface area contributed by atoms with Crippen LogP contribution in [-0.2, 0) is 4.79 Å². The number of carbonyl (C=O) groups excluding carboxylic acids is 1. The van der Waals surface area contributed by atoms with E-state index in [0.29, 0.717) is 22.0 Å². The smallest absolute Gasteiger partial charge is 0.234 e. The highest BCUT2D eigenvalue weighted by molar-refractivity contribution is 7.99. The number of anilines is 1. The van der Waals surface area contributed by atoms with Crippen molar-refractivity contribution in [3.05, 3.63) is 53.6 Å². The Morgan fingerprint density at radius 2 is 1.83 bits per heavy atom. The van der Waals surface area contributed by atoms with Gasteiger partial charge < -0.3 is 10.3 Å². The molecule has 24 heavy (non-hydrogen) atoms. The van der Waals surface area contributed by atoms with Gasteiger partial charge in [-0.25, -0.2) is 4.98 Å². The molecule has 0 aliphatic carbocycles. The first-order valence-electron chi connectivity index (χ1n) is 7.00. The number of H-pyrrole nitrogens is 1. The van der Waals surface area contributed by atoms with Crippen LogP contribution in [0.4, 0.5) is 5.69 Å². The van der Waals surface area contributed by atoms with E-state index in [4.69, 9.17) is 10.5 Å². The van der Waals surface area contributed by atoms with Crippen LogP contribution in [0.3, 0.4) is 0 Å². The number of thioether (sulfide) groups is 1. The first-order valence-corrected chi connectivity index (χ1v) is 7.99. The van der Waals surface area contributed by atoms with Crippen molar-refractivity contribution in [2.24, 2.45) is 0 Å². The summed E-state index contributed by atoms with van der Waals surface area (Å²) in [7, 11) is 0. The third-order valence-electron chi connectivity index (χ3n) is 3.23. The number of fused-ring (bicyclic) bond motifs is 1. The van der Waals surface area contributed by atoms with Gasteiger partial charge in [0.15, 0.2) is 5.16 Å². The first kappa shape index (κ1) is 15.6. The number of benzene rings is 2. The molecule has 0 atom stereocenters. The molecule has 0 saturated heterocycles. The highest BCUT2D eigenvalue weighted by Crippen LogP contribution is 2.20.